The highest BCUT2D eigenvalue weighted by Crippen LogP contribution is 2.54. The number of urea groups is 1. The largest absolute Gasteiger partial charge is 0.341 e. The second-order valence-corrected chi connectivity index (χ2v) is 20.3. The Labute approximate surface area is 387 Å². The summed E-state index contributed by atoms with van der Waals surface area (Å²) in [5.74, 6) is -1.18. The van der Waals surface area contributed by atoms with Gasteiger partial charge in [-0.05, 0) is 140 Å². The van der Waals surface area contributed by atoms with Crippen LogP contribution in [0.2, 0.25) is 0 Å². The lowest BCUT2D eigenvalue weighted by Crippen LogP contribution is -2.63. The summed E-state index contributed by atoms with van der Waals surface area (Å²) < 4.78 is 0. The molecule has 2 fully saturated rings. The second kappa shape index (κ2) is 17.6. The van der Waals surface area contributed by atoms with E-state index in [1.807, 2.05) is 20.8 Å². The number of hydrogen-bond acceptors (Lipinski definition) is 6. The number of allylic oxidation sites excluding steroid dienone is 9. The monoisotopic (exact) mass is 872 g/mol. The van der Waals surface area contributed by atoms with E-state index in [0.29, 0.717) is 31.3 Å². The molecule has 2 atom stereocenters. The standard InChI is InChI=1S/C57H69N5O3/c1-12-19-37(7)61-45-32-28-39-22-15-17-26-43(39)52(45)57(10,11)47(61)34-30-41-24-18-23-40(49(41)50-53(63)60(36(5)6)55(65)62(54(50)64)48(58)20-13-2)29-33-46-56(8,9)51-42-25-16-14-21-38(42)27-31-44(51)59(46)35(3)4/h14-17,21-22,25-37,48H,12-13,18-20,23-24,58H2,1-11H3/b40-29+,41-30+,46-33+,47-34+,50-49-. The number of nitrogens with zero attached hydrogens (tertiary/aromatic N) is 4. The molecule has 2 unspecified atom stereocenters. The Hall–Kier alpha value is -5.73. The summed E-state index contributed by atoms with van der Waals surface area (Å²) >= 11 is 0. The molecular formula is C57H69N5O3. The van der Waals surface area contributed by atoms with E-state index in [2.05, 4.69) is 162 Å². The summed E-state index contributed by atoms with van der Waals surface area (Å²) in [5, 5.41) is 4.91. The van der Waals surface area contributed by atoms with E-state index in [4.69, 9.17) is 5.73 Å². The molecule has 8 heteroatoms. The first-order valence-electron chi connectivity index (χ1n) is 24.1. The van der Waals surface area contributed by atoms with Crippen molar-refractivity contribution in [1.29, 1.82) is 0 Å². The predicted molar refractivity (Wildman–Crippen MR) is 269 cm³/mol. The van der Waals surface area contributed by atoms with Gasteiger partial charge in [0.25, 0.3) is 11.8 Å². The Balaban J connectivity index is 1.37. The van der Waals surface area contributed by atoms with Crippen LogP contribution in [0.1, 0.15) is 132 Å². The number of carbonyl (C=O) groups excluding carboxylic acids is 3. The highest BCUT2D eigenvalue weighted by molar-refractivity contribution is 6.30. The van der Waals surface area contributed by atoms with Crippen molar-refractivity contribution in [2.24, 2.45) is 5.73 Å². The topological polar surface area (TPSA) is 90.2 Å². The normalized spacial score (nSPS) is 23.1. The van der Waals surface area contributed by atoms with Gasteiger partial charge >= 0.3 is 6.03 Å². The Morgan fingerprint density at radius 2 is 1.03 bits per heavy atom. The molecule has 4 aliphatic rings. The third kappa shape index (κ3) is 7.56. The van der Waals surface area contributed by atoms with E-state index < -0.39 is 30.1 Å². The lowest BCUT2D eigenvalue weighted by atomic mass is 9.78. The molecule has 0 aromatic heterocycles. The zero-order valence-corrected chi connectivity index (χ0v) is 40.6. The second-order valence-electron chi connectivity index (χ2n) is 20.3. The Bertz CT molecular complexity index is 2740. The summed E-state index contributed by atoms with van der Waals surface area (Å²) in [7, 11) is 0. The number of anilines is 2. The third-order valence-electron chi connectivity index (χ3n) is 14.4. The number of rotatable bonds is 10. The van der Waals surface area contributed by atoms with Crippen LogP contribution in [0, 0.1) is 0 Å². The smallest absolute Gasteiger partial charge is 0.335 e. The van der Waals surface area contributed by atoms with Crippen molar-refractivity contribution in [2.45, 2.75) is 156 Å². The maximum absolute atomic E-state index is 15.1. The molecule has 4 aromatic carbocycles. The van der Waals surface area contributed by atoms with Crippen molar-refractivity contribution in [3.05, 3.63) is 142 Å². The minimum absolute atomic E-state index is 0.0238. The molecule has 4 aromatic rings. The van der Waals surface area contributed by atoms with Gasteiger partial charge < -0.3 is 15.5 Å². The molecule has 1 aliphatic carbocycles. The van der Waals surface area contributed by atoms with Gasteiger partial charge in [0.2, 0.25) is 0 Å². The van der Waals surface area contributed by atoms with Crippen LogP contribution in [0.15, 0.2) is 131 Å². The average molecular weight is 872 g/mol. The molecular weight excluding hydrogens is 803 g/mol. The zero-order valence-electron chi connectivity index (χ0n) is 40.6. The van der Waals surface area contributed by atoms with Crippen molar-refractivity contribution in [3.8, 4) is 0 Å². The highest BCUT2D eigenvalue weighted by atomic mass is 16.2. The first-order chi connectivity index (χ1) is 31.0. The van der Waals surface area contributed by atoms with Gasteiger partial charge in [-0.15, -0.1) is 0 Å². The van der Waals surface area contributed by atoms with Crippen LogP contribution in [-0.2, 0) is 20.4 Å². The van der Waals surface area contributed by atoms with Crippen LogP contribution in [0.4, 0.5) is 16.2 Å². The van der Waals surface area contributed by atoms with E-state index in [1.165, 1.54) is 54.6 Å². The highest BCUT2D eigenvalue weighted by Gasteiger charge is 2.48. The molecule has 3 aliphatic heterocycles. The Morgan fingerprint density at radius 3 is 1.52 bits per heavy atom. The quantitative estimate of drug-likeness (QED) is 0.126. The lowest BCUT2D eigenvalue weighted by molar-refractivity contribution is -0.138. The minimum atomic E-state index is -0.869. The minimum Gasteiger partial charge on any atom is -0.341 e. The zero-order chi connectivity index (χ0) is 46.7. The van der Waals surface area contributed by atoms with Gasteiger partial charge in [-0.25, -0.2) is 9.69 Å². The summed E-state index contributed by atoms with van der Waals surface area (Å²) in [5.41, 5.74) is 15.8. The summed E-state index contributed by atoms with van der Waals surface area (Å²) in [6.07, 6.45) is 13.3. The van der Waals surface area contributed by atoms with Crippen molar-refractivity contribution < 1.29 is 14.4 Å². The fraction of sp³-hybridized carbons (Fsp3) is 0.421. The molecule has 8 rings (SSSR count). The summed E-state index contributed by atoms with van der Waals surface area (Å²) in [6.45, 7) is 23.9. The van der Waals surface area contributed by atoms with Gasteiger partial charge in [0.1, 0.15) is 5.57 Å². The number of imide groups is 2. The summed E-state index contributed by atoms with van der Waals surface area (Å²) in [6, 6.07) is 25.5. The molecule has 1 saturated carbocycles. The molecule has 0 bridgehead atoms. The molecule has 0 radical (unpaired) electrons. The van der Waals surface area contributed by atoms with E-state index >= 15 is 4.79 Å². The Kier molecular flexibility index (Phi) is 12.4. The van der Waals surface area contributed by atoms with Gasteiger partial charge in [-0.2, -0.15) is 0 Å². The van der Waals surface area contributed by atoms with E-state index in [0.717, 1.165) is 41.0 Å². The van der Waals surface area contributed by atoms with Gasteiger partial charge in [-0.1, -0.05) is 127 Å². The molecule has 2 N–H and O–H groups in total. The summed E-state index contributed by atoms with van der Waals surface area (Å²) in [4.78, 5) is 51.5. The Morgan fingerprint density at radius 1 is 0.569 bits per heavy atom. The molecule has 65 heavy (non-hydrogen) atoms. The molecule has 340 valence electrons. The number of amides is 4. The van der Waals surface area contributed by atoms with E-state index in [9.17, 15) is 9.59 Å². The van der Waals surface area contributed by atoms with Crippen LogP contribution in [-0.4, -0.2) is 51.9 Å². The van der Waals surface area contributed by atoms with E-state index in [-0.39, 0.29) is 28.5 Å². The van der Waals surface area contributed by atoms with Gasteiger partial charge in [0.15, 0.2) is 0 Å². The fourth-order valence-corrected chi connectivity index (χ4v) is 11.5. The number of nitrogens with two attached hydrogens (primary N) is 1. The number of fused-ring (bicyclic) bond motifs is 6. The van der Waals surface area contributed by atoms with Gasteiger partial charge in [-0.3, -0.25) is 14.5 Å². The molecule has 1 saturated heterocycles. The molecule has 8 nitrogen and oxygen atoms in total. The predicted octanol–water partition coefficient (Wildman–Crippen LogP) is 12.9. The SMILES string of the molecule is CCCC(N)N1C(=O)/C(=C2C(=C/C=C3/N(C(C)C)c4ccc5ccccc5c4C3(C)C)/CCCC/2=C\C=C2\N(C(C)CCC)c3ccc4ccccc4c3C2(C)C)C(=O)N(C(C)C)C1=O. The third-order valence-corrected chi connectivity index (χ3v) is 14.4. The van der Waals surface area contributed by atoms with Crippen molar-refractivity contribution in [2.75, 3.05) is 9.80 Å². The van der Waals surface area contributed by atoms with Crippen LogP contribution < -0.4 is 15.5 Å². The van der Waals surface area contributed by atoms with Crippen molar-refractivity contribution in [1.82, 2.24) is 9.80 Å². The van der Waals surface area contributed by atoms with Crippen LogP contribution in [0.25, 0.3) is 21.5 Å². The van der Waals surface area contributed by atoms with E-state index in [1.54, 1.807) is 0 Å². The molecule has 0 spiro atoms. The lowest BCUT2D eigenvalue weighted by Gasteiger charge is -2.40. The first-order valence-corrected chi connectivity index (χ1v) is 24.1. The van der Waals surface area contributed by atoms with Crippen molar-refractivity contribution >= 4 is 50.8 Å². The van der Waals surface area contributed by atoms with Crippen LogP contribution >= 0.6 is 0 Å². The maximum atomic E-state index is 15.1. The number of benzene rings is 4. The average Bonchev–Trinajstić information content (AvgIpc) is 3.64. The molecule has 4 amide bonds. The number of hydrogen-bond donors (Lipinski definition) is 1. The molecule has 3 heterocycles. The number of carbonyl (C=O) groups is 3. The number of barbiturate groups is 1. The maximum Gasteiger partial charge on any atom is 0.335 e. The first kappa shape index (κ1) is 45.8. The van der Waals surface area contributed by atoms with Gasteiger partial charge in [0.05, 0.1) is 6.17 Å². The fourth-order valence-electron chi connectivity index (χ4n) is 11.5. The van der Waals surface area contributed by atoms with Gasteiger partial charge in [0, 0.05) is 51.7 Å². The van der Waals surface area contributed by atoms with Crippen LogP contribution in [0.3, 0.4) is 0 Å². The van der Waals surface area contributed by atoms with Crippen molar-refractivity contribution in [3.63, 3.8) is 0 Å². The van der Waals surface area contributed by atoms with Crippen LogP contribution in [0.5, 0.6) is 0 Å².